The first-order valence-corrected chi connectivity index (χ1v) is 14.1. The number of carbonyl (C=O) groups is 4. The number of hydrogen-bond donors (Lipinski definition) is 3. The number of primary amides is 1. The molecule has 2 atom stereocenters. The minimum Gasteiger partial charge on any atom is -0.484 e. The van der Waals surface area contributed by atoms with Crippen molar-refractivity contribution in [1.29, 1.82) is 0 Å². The Kier molecular flexibility index (Phi) is 11.6. The zero-order valence-electron chi connectivity index (χ0n) is 24.4. The third-order valence-corrected chi connectivity index (χ3v) is 7.03. The first-order valence-electron chi connectivity index (χ1n) is 14.1. The monoisotopic (exact) mass is 566 g/mol. The highest BCUT2D eigenvalue weighted by molar-refractivity contribution is 5.88. The molecule has 0 bridgehead atoms. The summed E-state index contributed by atoms with van der Waals surface area (Å²) in [6.07, 6.45) is 1.67. The fourth-order valence-corrected chi connectivity index (χ4v) is 4.75. The van der Waals surface area contributed by atoms with Crippen LogP contribution in [0.15, 0.2) is 48.5 Å². The van der Waals surface area contributed by atoms with Gasteiger partial charge in [-0.1, -0.05) is 44.2 Å². The Morgan fingerprint density at radius 3 is 2.24 bits per heavy atom. The van der Waals surface area contributed by atoms with E-state index >= 15 is 0 Å². The molecule has 4 N–H and O–H groups in total. The van der Waals surface area contributed by atoms with Gasteiger partial charge in [0.1, 0.15) is 17.5 Å². The molecule has 3 rings (SSSR count). The Hall–Kier alpha value is -4.08. The summed E-state index contributed by atoms with van der Waals surface area (Å²) in [6.45, 7) is 8.48. The minimum atomic E-state index is -0.680. The van der Waals surface area contributed by atoms with Gasteiger partial charge in [-0.05, 0) is 74.8 Å². The Bertz CT molecular complexity index is 1190. The predicted octanol–water partition coefficient (Wildman–Crippen LogP) is 3.35. The summed E-state index contributed by atoms with van der Waals surface area (Å²) >= 11 is 0. The molecule has 0 saturated carbocycles. The summed E-state index contributed by atoms with van der Waals surface area (Å²) in [4.78, 5) is 51.0. The number of piperidine rings is 1. The highest BCUT2D eigenvalue weighted by atomic mass is 16.6. The van der Waals surface area contributed by atoms with Crippen LogP contribution in [-0.4, -0.2) is 60.5 Å². The van der Waals surface area contributed by atoms with Crippen molar-refractivity contribution in [3.05, 3.63) is 59.7 Å². The van der Waals surface area contributed by atoms with Gasteiger partial charge in [0.2, 0.25) is 11.8 Å². The fraction of sp³-hybridized carbons (Fsp3) is 0.484. The molecule has 0 radical (unpaired) electrons. The van der Waals surface area contributed by atoms with Crippen LogP contribution in [0, 0.1) is 18.8 Å². The lowest BCUT2D eigenvalue weighted by Crippen LogP contribution is -2.51. The Morgan fingerprint density at radius 1 is 0.976 bits per heavy atom. The zero-order valence-corrected chi connectivity index (χ0v) is 24.4. The van der Waals surface area contributed by atoms with E-state index in [1.807, 2.05) is 58.0 Å². The van der Waals surface area contributed by atoms with E-state index in [4.69, 9.17) is 15.2 Å². The molecule has 1 heterocycles. The van der Waals surface area contributed by atoms with Gasteiger partial charge in [-0.3, -0.25) is 14.4 Å². The summed E-state index contributed by atoms with van der Waals surface area (Å²) in [7, 11) is 0. The molecular weight excluding hydrogens is 524 g/mol. The molecule has 1 aliphatic heterocycles. The highest BCUT2D eigenvalue weighted by Gasteiger charge is 2.27. The first kappa shape index (κ1) is 31.4. The molecule has 0 spiro atoms. The van der Waals surface area contributed by atoms with Gasteiger partial charge in [-0.25, -0.2) is 4.79 Å². The number of nitrogens with zero attached hydrogens (tertiary/aromatic N) is 1. The topological polar surface area (TPSA) is 140 Å². The molecule has 10 heteroatoms. The molecule has 0 aliphatic carbocycles. The molecule has 4 amide bonds. The number of benzene rings is 2. The van der Waals surface area contributed by atoms with E-state index < -0.39 is 12.1 Å². The van der Waals surface area contributed by atoms with Gasteiger partial charge in [0, 0.05) is 25.0 Å². The molecular formula is C31H42N4O6. The van der Waals surface area contributed by atoms with Crippen LogP contribution in [0.25, 0.3) is 0 Å². The normalized spacial score (nSPS) is 15.1. The lowest BCUT2D eigenvalue weighted by molar-refractivity contribution is -0.130. The molecule has 2 aromatic rings. The number of hydrogen-bond acceptors (Lipinski definition) is 6. The smallest absolute Gasteiger partial charge is 0.415 e. The van der Waals surface area contributed by atoms with Crippen LogP contribution in [0.2, 0.25) is 0 Å². The Balaban J connectivity index is 1.47. The van der Waals surface area contributed by atoms with Crippen LogP contribution in [0.5, 0.6) is 11.5 Å². The molecule has 1 aliphatic rings. The van der Waals surface area contributed by atoms with Crippen LogP contribution in [-0.2, 0) is 20.8 Å². The number of ether oxygens (including phenoxy) is 2. The van der Waals surface area contributed by atoms with Gasteiger partial charge in [0.25, 0.3) is 5.91 Å². The van der Waals surface area contributed by atoms with Crippen LogP contribution in [0.1, 0.15) is 51.2 Å². The summed E-state index contributed by atoms with van der Waals surface area (Å²) in [5.74, 6) is 0.110. The van der Waals surface area contributed by atoms with Crippen LogP contribution < -0.4 is 25.8 Å². The predicted molar refractivity (Wildman–Crippen MR) is 155 cm³/mol. The largest absolute Gasteiger partial charge is 0.484 e. The van der Waals surface area contributed by atoms with Crippen molar-refractivity contribution in [3.8, 4) is 11.5 Å². The van der Waals surface area contributed by atoms with Gasteiger partial charge in [0.05, 0.1) is 0 Å². The van der Waals surface area contributed by atoms with E-state index in [1.54, 1.807) is 23.1 Å². The van der Waals surface area contributed by atoms with Crippen molar-refractivity contribution in [2.24, 2.45) is 17.6 Å². The van der Waals surface area contributed by atoms with Crippen LogP contribution >= 0.6 is 0 Å². The Labute approximate surface area is 241 Å². The summed E-state index contributed by atoms with van der Waals surface area (Å²) in [5.41, 5.74) is 7.24. The van der Waals surface area contributed by atoms with Gasteiger partial charge in [-0.2, -0.15) is 0 Å². The van der Waals surface area contributed by atoms with Crippen molar-refractivity contribution < 1.29 is 28.7 Å². The summed E-state index contributed by atoms with van der Waals surface area (Å²) in [5, 5.41) is 5.82. The second kappa shape index (κ2) is 15.1. The molecule has 1 fully saturated rings. The number of amides is 4. The quantitative estimate of drug-likeness (QED) is 0.360. The minimum absolute atomic E-state index is 0.176. The second-order valence-electron chi connectivity index (χ2n) is 11.1. The first-order chi connectivity index (χ1) is 19.5. The zero-order chi connectivity index (χ0) is 29.9. The third kappa shape index (κ3) is 10.1. The molecule has 2 aromatic carbocycles. The SMILES string of the molecule is Cc1ccccc1OCC(=O)N[C@@H](CC(C)C)C(=O)N[C@@H](C)Cc1ccc(OC(=O)N2CCC(C(N)=O)CC2)cc1. The van der Waals surface area contributed by atoms with E-state index in [9.17, 15) is 19.2 Å². The number of nitrogens with one attached hydrogen (secondary N) is 2. The second-order valence-corrected chi connectivity index (χ2v) is 11.1. The van der Waals surface area contributed by atoms with Gasteiger partial charge < -0.3 is 30.7 Å². The van der Waals surface area contributed by atoms with Crippen molar-refractivity contribution in [2.75, 3.05) is 19.7 Å². The number of para-hydroxylation sites is 1. The standard InChI is InChI=1S/C31H42N4O6/c1-20(2)17-26(34-28(36)19-40-27-8-6-5-7-21(27)3)30(38)33-22(4)18-23-9-11-25(12-10-23)41-31(39)35-15-13-24(14-16-35)29(32)37/h5-12,20,22,24,26H,13-19H2,1-4H3,(H2,32,37)(H,33,38)(H,34,36)/t22-,26-/m0/s1. The van der Waals surface area contributed by atoms with E-state index in [1.165, 1.54) is 0 Å². The highest BCUT2D eigenvalue weighted by Crippen LogP contribution is 2.20. The van der Waals surface area contributed by atoms with Crippen molar-refractivity contribution in [3.63, 3.8) is 0 Å². The molecule has 0 aromatic heterocycles. The Morgan fingerprint density at radius 2 is 1.63 bits per heavy atom. The maximum Gasteiger partial charge on any atom is 0.415 e. The van der Waals surface area contributed by atoms with E-state index in [0.717, 1.165) is 11.1 Å². The van der Waals surface area contributed by atoms with E-state index in [0.29, 0.717) is 50.3 Å². The van der Waals surface area contributed by atoms with E-state index in [-0.39, 0.29) is 42.2 Å². The lowest BCUT2D eigenvalue weighted by Gasteiger charge is -2.29. The molecule has 10 nitrogen and oxygen atoms in total. The van der Waals surface area contributed by atoms with E-state index in [2.05, 4.69) is 10.6 Å². The number of rotatable bonds is 12. The van der Waals surface area contributed by atoms with Crippen LogP contribution in [0.4, 0.5) is 4.79 Å². The lowest BCUT2D eigenvalue weighted by atomic mass is 9.97. The maximum atomic E-state index is 13.1. The number of carbonyl (C=O) groups excluding carboxylic acids is 4. The van der Waals surface area contributed by atoms with Crippen molar-refractivity contribution >= 4 is 23.8 Å². The fourth-order valence-electron chi connectivity index (χ4n) is 4.75. The molecule has 0 unspecified atom stereocenters. The molecule has 222 valence electrons. The summed E-state index contributed by atoms with van der Waals surface area (Å²) in [6, 6.07) is 13.7. The van der Waals surface area contributed by atoms with Gasteiger partial charge >= 0.3 is 6.09 Å². The van der Waals surface area contributed by atoms with Gasteiger partial charge in [-0.15, -0.1) is 0 Å². The average molecular weight is 567 g/mol. The van der Waals surface area contributed by atoms with Crippen molar-refractivity contribution in [2.45, 2.75) is 65.5 Å². The van der Waals surface area contributed by atoms with Crippen molar-refractivity contribution in [1.82, 2.24) is 15.5 Å². The molecule has 1 saturated heterocycles. The summed E-state index contributed by atoms with van der Waals surface area (Å²) < 4.78 is 11.1. The maximum absolute atomic E-state index is 13.1. The van der Waals surface area contributed by atoms with Gasteiger partial charge in [0.15, 0.2) is 6.61 Å². The average Bonchev–Trinajstić information content (AvgIpc) is 2.93. The van der Waals surface area contributed by atoms with Crippen LogP contribution in [0.3, 0.4) is 0 Å². The third-order valence-electron chi connectivity index (χ3n) is 7.03. The number of aryl methyl sites for hydroxylation is 1. The number of nitrogens with two attached hydrogens (primary N) is 1. The number of likely N-dealkylation sites (tertiary alicyclic amines) is 1. The molecule has 41 heavy (non-hydrogen) atoms.